The van der Waals surface area contributed by atoms with Crippen molar-refractivity contribution in [3.8, 4) is 0 Å². The predicted octanol–water partition coefficient (Wildman–Crippen LogP) is 11.5. The van der Waals surface area contributed by atoms with E-state index < -0.39 is 16.5 Å². The molecule has 0 aromatic heterocycles. The Kier molecular flexibility index (Phi) is 13.7. The van der Waals surface area contributed by atoms with E-state index in [2.05, 4.69) is 131 Å². The Morgan fingerprint density at radius 1 is 0.457 bits per heavy atom. The molecule has 0 saturated heterocycles. The van der Waals surface area contributed by atoms with Gasteiger partial charge in [-0.25, -0.2) is 0 Å². The smallest absolute Gasteiger partial charge is 0.687 e. The molecule has 5 heteroatoms. The second-order valence-electron chi connectivity index (χ2n) is 12.8. The van der Waals surface area contributed by atoms with Crippen LogP contribution in [0.4, 0.5) is 11.4 Å². The zero-order chi connectivity index (χ0) is 26.4. The molecule has 2 nitrogen and oxygen atoms in total. The summed E-state index contributed by atoms with van der Waals surface area (Å²) in [5.41, 5.74) is 8.16. The molecular weight excluding hydrogens is 500 g/mol. The van der Waals surface area contributed by atoms with Crippen molar-refractivity contribution >= 4 is 27.8 Å². The molecule has 0 N–H and O–H groups in total. The first kappa shape index (κ1) is 34.0. The molecule has 0 aliphatic rings. The van der Waals surface area contributed by atoms with E-state index in [1.807, 2.05) is 0 Å². The van der Waals surface area contributed by atoms with Crippen LogP contribution in [0.25, 0.3) is 9.96 Å². The van der Waals surface area contributed by atoms with Crippen molar-refractivity contribution in [2.24, 2.45) is 0 Å². The monoisotopic (exact) mass is 552 g/mol. The van der Waals surface area contributed by atoms with Crippen molar-refractivity contribution in [3.63, 3.8) is 0 Å². The summed E-state index contributed by atoms with van der Waals surface area (Å²) < 4.78 is 0. The van der Waals surface area contributed by atoms with Gasteiger partial charge < -0.3 is 9.96 Å². The number of hydrogen-bond acceptors (Lipinski definition) is 0. The summed E-state index contributed by atoms with van der Waals surface area (Å²) >= 11 is 0. The van der Waals surface area contributed by atoms with Gasteiger partial charge in [0, 0.05) is 0 Å². The van der Waals surface area contributed by atoms with E-state index in [1.165, 1.54) is 33.6 Å². The van der Waals surface area contributed by atoms with Crippen LogP contribution in [0.5, 0.6) is 0 Å². The summed E-state index contributed by atoms with van der Waals surface area (Å²) in [6.45, 7) is 31.8. The number of nitrogens with zero attached hydrogens (tertiary/aromatic N) is 2. The minimum absolute atomic E-state index is 0. The molecule has 0 atom stereocenters. The minimum atomic E-state index is -1.43. The molecule has 0 spiro atoms. The first-order valence-corrected chi connectivity index (χ1v) is 20.1. The predicted molar refractivity (Wildman–Crippen MR) is 162 cm³/mol. The summed E-state index contributed by atoms with van der Waals surface area (Å²) in [6.07, 6.45) is 0. The van der Waals surface area contributed by atoms with Gasteiger partial charge in [-0.05, 0) is 40.1 Å². The van der Waals surface area contributed by atoms with E-state index in [-0.39, 0.29) is 17.1 Å². The first-order chi connectivity index (χ1) is 15.4. The maximum Gasteiger partial charge on any atom is 2.00 e. The maximum atomic E-state index is 5.07. The zero-order valence-electron chi connectivity index (χ0n) is 25.0. The number of benzene rings is 2. The van der Waals surface area contributed by atoms with Crippen LogP contribution in [-0.4, -0.2) is 16.5 Å². The van der Waals surface area contributed by atoms with Gasteiger partial charge in [-0.15, -0.1) is 11.4 Å². The molecule has 0 heterocycles. The number of rotatable bonds is 8. The zero-order valence-corrected chi connectivity index (χ0v) is 28.1. The Bertz CT molecular complexity index is 780. The third-order valence-electron chi connectivity index (χ3n) is 5.58. The average molecular weight is 553 g/mol. The van der Waals surface area contributed by atoms with E-state index in [1.54, 1.807) is 0 Å². The molecule has 0 saturated carbocycles. The van der Waals surface area contributed by atoms with Crippen molar-refractivity contribution in [2.75, 3.05) is 0 Å². The molecule has 0 radical (unpaired) electrons. The Labute approximate surface area is 231 Å². The summed E-state index contributed by atoms with van der Waals surface area (Å²) in [6, 6.07) is 13.3. The molecule has 2 aromatic rings. The van der Waals surface area contributed by atoms with E-state index in [0.717, 1.165) is 0 Å². The van der Waals surface area contributed by atoms with Gasteiger partial charge in [0.25, 0.3) is 0 Å². The second kappa shape index (κ2) is 14.1. The summed E-state index contributed by atoms with van der Waals surface area (Å²) in [5.74, 6) is 2.18. The van der Waals surface area contributed by atoms with Gasteiger partial charge in [0.1, 0.15) is 0 Å². The fourth-order valence-electron chi connectivity index (χ4n) is 3.95. The van der Waals surface area contributed by atoms with Crippen molar-refractivity contribution in [2.45, 2.75) is 118 Å². The van der Waals surface area contributed by atoms with Gasteiger partial charge in [0.15, 0.2) is 0 Å². The molecule has 0 bridgehead atoms. The fourth-order valence-corrected chi connectivity index (χ4v) is 5.81. The third-order valence-corrected chi connectivity index (χ3v) is 7.37. The molecule has 0 amide bonds. The Hall–Kier alpha value is -1.01. The van der Waals surface area contributed by atoms with Gasteiger partial charge in [-0.1, -0.05) is 153 Å². The van der Waals surface area contributed by atoms with Gasteiger partial charge in [-0.2, -0.15) is 0 Å². The Morgan fingerprint density at radius 2 is 0.657 bits per heavy atom. The fraction of sp³-hybridized carbons (Fsp3) is 0.600. The number of hydrogen-bond donors (Lipinski definition) is 0. The summed E-state index contributed by atoms with van der Waals surface area (Å²) in [7, 11) is -2.86. The Morgan fingerprint density at radius 3 is 0.800 bits per heavy atom. The molecule has 0 fully saturated rings. The quantitative estimate of drug-likeness (QED) is 0.291. The van der Waals surface area contributed by atoms with Crippen molar-refractivity contribution in [1.82, 2.24) is 0 Å². The van der Waals surface area contributed by atoms with Crippen LogP contribution in [0.1, 0.15) is 101 Å². The Balaban J connectivity index is 0.000000642. The molecule has 0 aliphatic carbocycles. The second-order valence-corrected chi connectivity index (χ2v) is 21.9. The van der Waals surface area contributed by atoms with Gasteiger partial charge in [0.05, 0.1) is 0 Å². The van der Waals surface area contributed by atoms with Crippen LogP contribution in [0, 0.1) is 0 Å². The van der Waals surface area contributed by atoms with Crippen LogP contribution in [0.2, 0.25) is 39.3 Å². The first-order valence-electron chi connectivity index (χ1n) is 13.2. The van der Waals surface area contributed by atoms with Gasteiger partial charge in [-0.3, -0.25) is 0 Å². The molecule has 198 valence electrons. The van der Waals surface area contributed by atoms with Crippen molar-refractivity contribution in [1.29, 1.82) is 0 Å². The van der Waals surface area contributed by atoms with Crippen LogP contribution in [-0.2, 0) is 17.1 Å². The normalized spacial score (nSPS) is 11.9. The van der Waals surface area contributed by atoms with E-state index in [4.69, 9.17) is 9.96 Å². The van der Waals surface area contributed by atoms with Crippen molar-refractivity contribution < 1.29 is 17.1 Å². The maximum absolute atomic E-state index is 5.07. The molecule has 0 unspecified atom stereocenters. The van der Waals surface area contributed by atoms with E-state index >= 15 is 0 Å². The SMILES string of the molecule is CC(C)c1cccc(C(C)C)c1[N-][Si](C)(C)C.CC(C)c1cccc(C(C)C)c1[N-][Si](C)(C)C.[Fe+2]. The van der Waals surface area contributed by atoms with E-state index in [9.17, 15) is 0 Å². The topological polar surface area (TPSA) is 28.2 Å². The average Bonchev–Trinajstić information content (AvgIpc) is 2.65. The minimum Gasteiger partial charge on any atom is -0.687 e. The summed E-state index contributed by atoms with van der Waals surface area (Å²) in [5, 5.41) is 0. The molecular formula is C30H52FeN2Si2. The van der Waals surface area contributed by atoms with Crippen LogP contribution in [0.3, 0.4) is 0 Å². The van der Waals surface area contributed by atoms with Crippen LogP contribution in [0.15, 0.2) is 36.4 Å². The van der Waals surface area contributed by atoms with E-state index in [0.29, 0.717) is 23.7 Å². The largest absolute Gasteiger partial charge is 2.00 e. The molecule has 0 aliphatic heterocycles. The van der Waals surface area contributed by atoms with Crippen LogP contribution < -0.4 is 0 Å². The molecule has 2 aromatic carbocycles. The van der Waals surface area contributed by atoms with Gasteiger partial charge in [0.2, 0.25) is 0 Å². The molecule has 35 heavy (non-hydrogen) atoms. The van der Waals surface area contributed by atoms with Crippen LogP contribution >= 0.6 is 0 Å². The standard InChI is InChI=1S/2C15H26NSi.Fe/c2*1-11(2)13-9-8-10-14(12(3)4)15(13)16-17(5,6)7;/h2*8-12H,1-7H3;/q2*-1;+2. The van der Waals surface area contributed by atoms with Crippen molar-refractivity contribution in [3.05, 3.63) is 68.6 Å². The summed E-state index contributed by atoms with van der Waals surface area (Å²) in [4.78, 5) is 10.1. The third kappa shape index (κ3) is 11.3. The molecule has 2 rings (SSSR count). The van der Waals surface area contributed by atoms with Gasteiger partial charge >= 0.3 is 17.1 Å².